The van der Waals surface area contributed by atoms with Gasteiger partial charge < -0.3 is 9.80 Å². The molecule has 2 aromatic rings. The summed E-state index contributed by atoms with van der Waals surface area (Å²) < 4.78 is 24.4. The van der Waals surface area contributed by atoms with Crippen LogP contribution in [0, 0.1) is 17.0 Å². The van der Waals surface area contributed by atoms with E-state index in [0.717, 1.165) is 36.8 Å². The van der Waals surface area contributed by atoms with Crippen molar-refractivity contribution in [3.05, 3.63) is 46.1 Å². The molecule has 144 valence electrons. The van der Waals surface area contributed by atoms with Gasteiger partial charge in [0.25, 0.3) is 5.69 Å². The number of sulfone groups is 1. The Hall–Kier alpha value is -2.75. The number of anilines is 2. The van der Waals surface area contributed by atoms with Gasteiger partial charge in [-0.1, -0.05) is 0 Å². The maximum Gasteiger partial charge on any atom is 0.270 e. The number of nitrogens with zero attached hydrogens (tertiary/aromatic N) is 5. The predicted molar refractivity (Wildman–Crippen MR) is 102 cm³/mol. The van der Waals surface area contributed by atoms with E-state index in [1.807, 2.05) is 24.0 Å². The molecule has 1 aliphatic heterocycles. The highest BCUT2D eigenvalue weighted by Crippen LogP contribution is 2.30. The number of nitro groups is 1. The lowest BCUT2D eigenvalue weighted by atomic mass is 10.2. The monoisotopic (exact) mass is 391 g/mol. The van der Waals surface area contributed by atoms with Crippen molar-refractivity contribution >= 4 is 27.0 Å². The van der Waals surface area contributed by atoms with Crippen LogP contribution in [-0.2, 0) is 9.84 Å². The van der Waals surface area contributed by atoms with Gasteiger partial charge in [-0.05, 0) is 31.5 Å². The summed E-state index contributed by atoms with van der Waals surface area (Å²) >= 11 is 0. The van der Waals surface area contributed by atoms with E-state index in [9.17, 15) is 18.5 Å². The van der Waals surface area contributed by atoms with E-state index in [1.165, 1.54) is 12.1 Å². The fourth-order valence-corrected chi connectivity index (χ4v) is 4.03. The molecule has 0 atom stereocenters. The molecule has 1 aromatic carbocycles. The fraction of sp³-hybridized carbons (Fsp3) is 0.412. The maximum absolute atomic E-state index is 12.2. The highest BCUT2D eigenvalue weighted by atomic mass is 32.2. The van der Waals surface area contributed by atoms with Crippen molar-refractivity contribution in [1.29, 1.82) is 0 Å². The molecule has 27 heavy (non-hydrogen) atoms. The summed E-state index contributed by atoms with van der Waals surface area (Å²) in [5, 5.41) is 19.3. The van der Waals surface area contributed by atoms with Crippen LogP contribution < -0.4 is 9.80 Å². The van der Waals surface area contributed by atoms with Gasteiger partial charge in [0.15, 0.2) is 15.7 Å². The molecule has 2 heterocycles. The fourth-order valence-electron chi connectivity index (χ4n) is 3.12. The van der Waals surface area contributed by atoms with Crippen LogP contribution in [0.5, 0.6) is 0 Å². The van der Waals surface area contributed by atoms with Gasteiger partial charge in [0, 0.05) is 44.6 Å². The maximum atomic E-state index is 12.2. The van der Waals surface area contributed by atoms with Gasteiger partial charge in [-0.3, -0.25) is 10.1 Å². The minimum Gasteiger partial charge on any atom is -0.369 e. The SMILES string of the molecule is Cc1ccc(N2CCCN(c3ccc([N+](=O)[O-])cc3S(C)(=O)=O)CC2)nn1. The molecule has 0 unspecified atom stereocenters. The number of benzene rings is 1. The van der Waals surface area contributed by atoms with E-state index >= 15 is 0 Å². The molecule has 3 rings (SSSR count). The summed E-state index contributed by atoms with van der Waals surface area (Å²) in [4.78, 5) is 14.5. The molecule has 0 amide bonds. The number of hydrogen-bond donors (Lipinski definition) is 0. The summed E-state index contributed by atoms with van der Waals surface area (Å²) in [5.41, 5.74) is 1.12. The van der Waals surface area contributed by atoms with E-state index in [-0.39, 0.29) is 10.6 Å². The van der Waals surface area contributed by atoms with Crippen LogP contribution in [0.1, 0.15) is 12.1 Å². The molecular weight excluding hydrogens is 370 g/mol. The van der Waals surface area contributed by atoms with E-state index in [4.69, 9.17) is 0 Å². The molecule has 1 saturated heterocycles. The first-order chi connectivity index (χ1) is 12.8. The smallest absolute Gasteiger partial charge is 0.270 e. The normalized spacial score (nSPS) is 15.5. The highest BCUT2D eigenvalue weighted by molar-refractivity contribution is 7.90. The van der Waals surface area contributed by atoms with Crippen LogP contribution in [0.4, 0.5) is 17.2 Å². The van der Waals surface area contributed by atoms with Crippen molar-refractivity contribution in [1.82, 2.24) is 10.2 Å². The molecule has 0 N–H and O–H groups in total. The predicted octanol–water partition coefficient (Wildman–Crippen LogP) is 1.81. The number of hydrogen-bond acceptors (Lipinski definition) is 8. The highest BCUT2D eigenvalue weighted by Gasteiger charge is 2.24. The first-order valence-electron chi connectivity index (χ1n) is 8.54. The first kappa shape index (κ1) is 19.0. The van der Waals surface area contributed by atoms with Crippen molar-refractivity contribution < 1.29 is 13.3 Å². The number of rotatable bonds is 4. The van der Waals surface area contributed by atoms with Crippen LogP contribution in [0.3, 0.4) is 0 Å². The zero-order chi connectivity index (χ0) is 19.6. The standard InChI is InChI=1S/C17H21N5O4S/c1-13-4-7-17(19-18-13)21-9-3-8-20(10-11-21)15-6-5-14(22(23)24)12-16(15)27(2,25)26/h4-7,12H,3,8-11H2,1-2H3. The van der Waals surface area contributed by atoms with Gasteiger partial charge in [0.1, 0.15) is 0 Å². The molecule has 10 heteroatoms. The zero-order valence-corrected chi connectivity index (χ0v) is 16.0. The number of aryl methyl sites for hydroxylation is 1. The Morgan fingerprint density at radius 1 is 1.04 bits per heavy atom. The van der Waals surface area contributed by atoms with Crippen molar-refractivity contribution in [3.63, 3.8) is 0 Å². The molecule has 9 nitrogen and oxygen atoms in total. The summed E-state index contributed by atoms with van der Waals surface area (Å²) in [6.45, 7) is 4.53. The Bertz CT molecular complexity index is 946. The van der Waals surface area contributed by atoms with E-state index < -0.39 is 14.8 Å². The third-order valence-corrected chi connectivity index (χ3v) is 5.62. The second-order valence-electron chi connectivity index (χ2n) is 6.54. The average Bonchev–Trinajstić information content (AvgIpc) is 2.87. The third kappa shape index (κ3) is 4.33. The molecule has 0 aliphatic carbocycles. The Morgan fingerprint density at radius 3 is 2.37 bits per heavy atom. The van der Waals surface area contributed by atoms with Crippen LogP contribution >= 0.6 is 0 Å². The van der Waals surface area contributed by atoms with Crippen molar-refractivity contribution in [2.45, 2.75) is 18.2 Å². The van der Waals surface area contributed by atoms with Crippen molar-refractivity contribution in [2.75, 3.05) is 42.2 Å². The zero-order valence-electron chi connectivity index (χ0n) is 15.2. The molecule has 0 spiro atoms. The van der Waals surface area contributed by atoms with E-state index in [1.54, 1.807) is 0 Å². The van der Waals surface area contributed by atoms with Gasteiger partial charge in [-0.15, -0.1) is 5.10 Å². The summed E-state index contributed by atoms with van der Waals surface area (Å²) in [6.07, 6.45) is 1.87. The second-order valence-corrected chi connectivity index (χ2v) is 8.53. The largest absolute Gasteiger partial charge is 0.369 e. The number of non-ortho nitro benzene ring substituents is 1. The molecule has 0 radical (unpaired) electrons. The van der Waals surface area contributed by atoms with Crippen LogP contribution in [0.15, 0.2) is 35.2 Å². The van der Waals surface area contributed by atoms with Crippen molar-refractivity contribution in [2.24, 2.45) is 0 Å². The molecular formula is C17H21N5O4S. The molecule has 1 aliphatic rings. The van der Waals surface area contributed by atoms with Gasteiger partial charge in [0.05, 0.1) is 21.2 Å². The van der Waals surface area contributed by atoms with Crippen LogP contribution in [0.2, 0.25) is 0 Å². The lowest BCUT2D eigenvalue weighted by Gasteiger charge is -2.25. The van der Waals surface area contributed by atoms with Gasteiger partial charge >= 0.3 is 0 Å². The molecule has 1 aromatic heterocycles. The summed E-state index contributed by atoms with van der Waals surface area (Å²) in [5.74, 6) is 0.787. The molecule has 0 saturated carbocycles. The summed E-state index contributed by atoms with van der Waals surface area (Å²) in [7, 11) is -3.60. The lowest BCUT2D eigenvalue weighted by molar-refractivity contribution is -0.385. The van der Waals surface area contributed by atoms with E-state index in [2.05, 4.69) is 15.1 Å². The minimum absolute atomic E-state index is 0.0136. The lowest BCUT2D eigenvalue weighted by Crippen LogP contribution is -2.32. The quantitative estimate of drug-likeness (QED) is 0.573. The summed E-state index contributed by atoms with van der Waals surface area (Å²) in [6, 6.07) is 7.83. The van der Waals surface area contributed by atoms with Gasteiger partial charge in [-0.2, -0.15) is 5.10 Å². The Labute approximate surface area is 157 Å². The van der Waals surface area contributed by atoms with Crippen molar-refractivity contribution in [3.8, 4) is 0 Å². The van der Waals surface area contributed by atoms with Crippen LogP contribution in [-0.4, -0.2) is 56.0 Å². The average molecular weight is 391 g/mol. The minimum atomic E-state index is -3.60. The number of aromatic nitrogens is 2. The Morgan fingerprint density at radius 2 is 1.74 bits per heavy atom. The van der Waals surface area contributed by atoms with E-state index in [0.29, 0.717) is 25.3 Å². The van der Waals surface area contributed by atoms with Gasteiger partial charge in [-0.25, -0.2) is 8.42 Å². The second kappa shape index (κ2) is 7.47. The number of nitro benzene ring substituents is 1. The first-order valence-corrected chi connectivity index (χ1v) is 10.4. The molecule has 1 fully saturated rings. The topological polar surface area (TPSA) is 110 Å². The third-order valence-electron chi connectivity index (χ3n) is 4.50. The Balaban J connectivity index is 1.87. The van der Waals surface area contributed by atoms with Crippen LogP contribution in [0.25, 0.3) is 0 Å². The molecule has 0 bridgehead atoms. The Kier molecular flexibility index (Phi) is 5.26. The van der Waals surface area contributed by atoms with Gasteiger partial charge in [0.2, 0.25) is 0 Å².